The van der Waals surface area contributed by atoms with Gasteiger partial charge in [0.1, 0.15) is 17.5 Å². The van der Waals surface area contributed by atoms with Crippen molar-refractivity contribution < 1.29 is 0 Å². The SMILES string of the molecule is N#Cc1cc2c(=O)n(CCCc3nnc4ccccn34)ccc2[nH]c1=O. The number of fused-ring (bicyclic) bond motifs is 2. The van der Waals surface area contributed by atoms with Crippen LogP contribution < -0.4 is 11.1 Å². The van der Waals surface area contributed by atoms with Crippen LogP contribution in [0, 0.1) is 11.3 Å². The van der Waals surface area contributed by atoms with Crippen LogP contribution in [-0.4, -0.2) is 24.1 Å². The average molecular weight is 346 g/mol. The molecule has 128 valence electrons. The molecule has 4 heterocycles. The zero-order valence-corrected chi connectivity index (χ0v) is 13.7. The third-order valence-electron chi connectivity index (χ3n) is 4.29. The van der Waals surface area contributed by atoms with Crippen LogP contribution in [0.25, 0.3) is 16.6 Å². The quantitative estimate of drug-likeness (QED) is 0.598. The lowest BCUT2D eigenvalue weighted by Gasteiger charge is -2.07. The fraction of sp³-hybridized carbons (Fsp3) is 0.167. The van der Waals surface area contributed by atoms with Crippen LogP contribution in [0.15, 0.2) is 52.3 Å². The van der Waals surface area contributed by atoms with E-state index in [9.17, 15) is 9.59 Å². The first-order valence-electron chi connectivity index (χ1n) is 8.12. The summed E-state index contributed by atoms with van der Waals surface area (Å²) in [6, 6.07) is 10.5. The number of nitriles is 1. The van der Waals surface area contributed by atoms with Crippen molar-refractivity contribution in [3.05, 3.63) is 74.8 Å². The second-order valence-corrected chi connectivity index (χ2v) is 5.91. The molecule has 4 rings (SSSR count). The fourth-order valence-corrected chi connectivity index (χ4v) is 2.97. The normalized spacial score (nSPS) is 11.0. The molecule has 0 spiro atoms. The summed E-state index contributed by atoms with van der Waals surface area (Å²) in [5, 5.41) is 17.6. The van der Waals surface area contributed by atoms with Crippen molar-refractivity contribution in [1.82, 2.24) is 24.1 Å². The summed E-state index contributed by atoms with van der Waals surface area (Å²) in [4.78, 5) is 26.8. The summed E-state index contributed by atoms with van der Waals surface area (Å²) < 4.78 is 3.50. The maximum absolute atomic E-state index is 12.6. The molecule has 0 aliphatic carbocycles. The van der Waals surface area contributed by atoms with E-state index in [1.165, 1.54) is 6.07 Å². The highest BCUT2D eigenvalue weighted by Crippen LogP contribution is 2.08. The summed E-state index contributed by atoms with van der Waals surface area (Å²) in [5.41, 5.74) is 0.427. The van der Waals surface area contributed by atoms with Crippen LogP contribution >= 0.6 is 0 Å². The van der Waals surface area contributed by atoms with Gasteiger partial charge in [0.15, 0.2) is 5.65 Å². The molecule has 0 saturated heterocycles. The average Bonchev–Trinajstić information content (AvgIpc) is 3.06. The van der Waals surface area contributed by atoms with Gasteiger partial charge in [-0.15, -0.1) is 10.2 Å². The molecule has 4 aromatic rings. The Labute approximate surface area is 147 Å². The van der Waals surface area contributed by atoms with E-state index >= 15 is 0 Å². The number of nitrogens with zero attached hydrogens (tertiary/aromatic N) is 5. The lowest BCUT2D eigenvalue weighted by Crippen LogP contribution is -2.22. The Hall–Kier alpha value is -3.73. The number of hydrogen-bond donors (Lipinski definition) is 1. The lowest BCUT2D eigenvalue weighted by molar-refractivity contribution is 0.612. The fourth-order valence-electron chi connectivity index (χ4n) is 2.97. The van der Waals surface area contributed by atoms with Crippen molar-refractivity contribution in [3.8, 4) is 6.07 Å². The standard InChI is InChI=1S/C18H14N6O2/c19-11-12-10-13-14(20-17(12)25)6-9-23(18(13)26)7-3-5-16-22-21-15-4-1-2-8-24(15)16/h1-2,4,6,8-10H,3,5,7H2,(H,20,25). The smallest absolute Gasteiger partial charge is 0.266 e. The van der Waals surface area contributed by atoms with Crippen molar-refractivity contribution in [2.75, 3.05) is 0 Å². The Morgan fingerprint density at radius 1 is 1.15 bits per heavy atom. The summed E-state index contributed by atoms with van der Waals surface area (Å²) in [5.74, 6) is 0.838. The number of aromatic amines is 1. The summed E-state index contributed by atoms with van der Waals surface area (Å²) >= 11 is 0. The summed E-state index contributed by atoms with van der Waals surface area (Å²) in [7, 11) is 0. The van der Waals surface area contributed by atoms with Gasteiger partial charge >= 0.3 is 0 Å². The maximum atomic E-state index is 12.6. The molecule has 0 fully saturated rings. The van der Waals surface area contributed by atoms with Crippen LogP contribution in [0.2, 0.25) is 0 Å². The summed E-state index contributed by atoms with van der Waals surface area (Å²) in [6.45, 7) is 0.498. The van der Waals surface area contributed by atoms with Gasteiger partial charge in [-0.3, -0.25) is 14.0 Å². The predicted octanol–water partition coefficient (Wildman–Crippen LogP) is 1.24. The van der Waals surface area contributed by atoms with Crippen LogP contribution in [0.3, 0.4) is 0 Å². The number of pyridine rings is 3. The second-order valence-electron chi connectivity index (χ2n) is 5.91. The van der Waals surface area contributed by atoms with Crippen molar-refractivity contribution in [1.29, 1.82) is 5.26 Å². The van der Waals surface area contributed by atoms with Gasteiger partial charge in [0.25, 0.3) is 11.1 Å². The van der Waals surface area contributed by atoms with Gasteiger partial charge in [-0.2, -0.15) is 5.26 Å². The molecule has 0 aliphatic heterocycles. The van der Waals surface area contributed by atoms with Gasteiger partial charge in [0.2, 0.25) is 0 Å². The molecule has 8 nitrogen and oxygen atoms in total. The van der Waals surface area contributed by atoms with Gasteiger partial charge < -0.3 is 9.55 Å². The van der Waals surface area contributed by atoms with E-state index in [-0.39, 0.29) is 11.1 Å². The Kier molecular flexibility index (Phi) is 3.82. The molecule has 26 heavy (non-hydrogen) atoms. The first-order chi connectivity index (χ1) is 12.7. The third-order valence-corrected chi connectivity index (χ3v) is 4.29. The summed E-state index contributed by atoms with van der Waals surface area (Å²) in [6.07, 6.45) is 4.93. The van der Waals surface area contributed by atoms with Gasteiger partial charge in [-0.1, -0.05) is 6.07 Å². The lowest BCUT2D eigenvalue weighted by atomic mass is 10.2. The van der Waals surface area contributed by atoms with Crippen molar-refractivity contribution in [2.45, 2.75) is 19.4 Å². The monoisotopic (exact) mass is 346 g/mol. The van der Waals surface area contributed by atoms with Crippen LogP contribution in [0.5, 0.6) is 0 Å². The van der Waals surface area contributed by atoms with Gasteiger partial charge in [0, 0.05) is 25.4 Å². The van der Waals surface area contributed by atoms with Crippen molar-refractivity contribution in [2.24, 2.45) is 0 Å². The highest BCUT2D eigenvalue weighted by Gasteiger charge is 2.09. The Morgan fingerprint density at radius 2 is 2.04 bits per heavy atom. The van der Waals surface area contributed by atoms with Gasteiger partial charge in [-0.05, 0) is 30.7 Å². The Morgan fingerprint density at radius 3 is 2.88 bits per heavy atom. The van der Waals surface area contributed by atoms with E-state index in [2.05, 4.69) is 15.2 Å². The second kappa shape index (κ2) is 6.29. The first kappa shape index (κ1) is 15.8. The van der Waals surface area contributed by atoms with E-state index in [0.29, 0.717) is 30.3 Å². The number of aryl methyl sites for hydroxylation is 2. The largest absolute Gasteiger partial charge is 0.321 e. The minimum Gasteiger partial charge on any atom is -0.321 e. The highest BCUT2D eigenvalue weighted by atomic mass is 16.1. The number of hydrogen-bond acceptors (Lipinski definition) is 5. The van der Waals surface area contributed by atoms with E-state index in [1.54, 1.807) is 22.9 Å². The van der Waals surface area contributed by atoms with Crippen LogP contribution in [0.4, 0.5) is 0 Å². The zero-order valence-electron chi connectivity index (χ0n) is 13.7. The van der Waals surface area contributed by atoms with Crippen LogP contribution in [0.1, 0.15) is 17.8 Å². The van der Waals surface area contributed by atoms with Crippen molar-refractivity contribution >= 4 is 16.6 Å². The van der Waals surface area contributed by atoms with Gasteiger partial charge in [0.05, 0.1) is 10.9 Å². The first-order valence-corrected chi connectivity index (χ1v) is 8.12. The molecular formula is C18H14N6O2. The minimum atomic E-state index is -0.490. The Balaban J connectivity index is 1.59. The molecule has 0 amide bonds. The molecule has 0 aliphatic rings. The topological polar surface area (TPSA) is 109 Å². The minimum absolute atomic E-state index is 0.0673. The molecule has 0 atom stereocenters. The van der Waals surface area contributed by atoms with Crippen LogP contribution in [-0.2, 0) is 13.0 Å². The molecule has 1 N–H and O–H groups in total. The number of nitrogens with one attached hydrogen (secondary N) is 1. The third kappa shape index (κ3) is 2.65. The molecule has 0 saturated carbocycles. The molecule has 0 unspecified atom stereocenters. The molecule has 0 bridgehead atoms. The predicted molar refractivity (Wildman–Crippen MR) is 94.9 cm³/mol. The number of H-pyrrole nitrogens is 1. The van der Waals surface area contributed by atoms with Crippen molar-refractivity contribution in [3.63, 3.8) is 0 Å². The Bertz CT molecular complexity index is 1270. The number of aromatic nitrogens is 5. The molecule has 8 heteroatoms. The molecule has 4 aromatic heterocycles. The van der Waals surface area contributed by atoms with E-state index in [1.807, 2.05) is 28.8 Å². The highest BCUT2D eigenvalue weighted by molar-refractivity contribution is 5.78. The maximum Gasteiger partial charge on any atom is 0.266 e. The molecule has 0 aromatic carbocycles. The van der Waals surface area contributed by atoms with E-state index in [4.69, 9.17) is 5.26 Å². The number of rotatable bonds is 4. The van der Waals surface area contributed by atoms with Gasteiger partial charge in [-0.25, -0.2) is 0 Å². The van der Waals surface area contributed by atoms with E-state index in [0.717, 1.165) is 11.5 Å². The zero-order chi connectivity index (χ0) is 18.1. The van der Waals surface area contributed by atoms with E-state index < -0.39 is 5.56 Å². The molecular weight excluding hydrogens is 332 g/mol. The molecule has 0 radical (unpaired) electrons.